The van der Waals surface area contributed by atoms with Gasteiger partial charge in [0.15, 0.2) is 5.82 Å². The molecule has 1 atom stereocenters. The van der Waals surface area contributed by atoms with E-state index >= 15 is 0 Å². The number of benzene rings is 1. The van der Waals surface area contributed by atoms with Gasteiger partial charge < -0.3 is 38.7 Å². The van der Waals surface area contributed by atoms with Gasteiger partial charge in [0.05, 0.1) is 32.6 Å². The van der Waals surface area contributed by atoms with Gasteiger partial charge >= 0.3 is 13.7 Å². The van der Waals surface area contributed by atoms with Gasteiger partial charge in [0.2, 0.25) is 11.8 Å². The first-order valence-corrected chi connectivity index (χ1v) is 16.5. The van der Waals surface area contributed by atoms with Crippen LogP contribution in [0.3, 0.4) is 0 Å². The highest BCUT2D eigenvalue weighted by molar-refractivity contribution is 7.54. The van der Waals surface area contributed by atoms with Crippen molar-refractivity contribution in [2.24, 2.45) is 0 Å². The number of carbonyl (C=O) groups is 3. The maximum Gasteiger partial charge on any atom is 0.409 e. The third-order valence-corrected chi connectivity index (χ3v) is 8.66. The molecule has 1 saturated heterocycles. The summed E-state index contributed by atoms with van der Waals surface area (Å²) in [5.74, 6) is -0.997. The van der Waals surface area contributed by atoms with Crippen LogP contribution in [0.2, 0.25) is 0 Å². The fourth-order valence-electron chi connectivity index (χ4n) is 4.38. The molecule has 1 aliphatic rings. The van der Waals surface area contributed by atoms with Crippen molar-refractivity contribution in [2.45, 2.75) is 39.7 Å². The SMILES string of the molecule is CCCCOC(=O)N1CCN(C(=O)[C@H](CP(=O)(OCC)OCC)NC(=O)c2cc(OCCO)nc(-c3ccccc3)n2)CC1. The van der Waals surface area contributed by atoms with Crippen LogP contribution in [0.5, 0.6) is 5.88 Å². The van der Waals surface area contributed by atoms with E-state index in [1.165, 1.54) is 15.9 Å². The number of carbonyl (C=O) groups excluding carboxylic acids is 3. The number of ether oxygens (including phenoxy) is 2. The van der Waals surface area contributed by atoms with Crippen LogP contribution in [-0.2, 0) is 23.1 Å². The van der Waals surface area contributed by atoms with Gasteiger partial charge in [0.25, 0.3) is 5.91 Å². The van der Waals surface area contributed by atoms with Gasteiger partial charge in [-0.15, -0.1) is 0 Å². The highest BCUT2D eigenvalue weighted by atomic mass is 31.2. The summed E-state index contributed by atoms with van der Waals surface area (Å²) in [4.78, 5) is 51.5. The Kier molecular flexibility index (Phi) is 14.0. The van der Waals surface area contributed by atoms with E-state index in [0.717, 1.165) is 12.8 Å². The number of nitrogens with one attached hydrogen (secondary N) is 1. The average molecular weight is 636 g/mol. The van der Waals surface area contributed by atoms with E-state index in [4.69, 9.17) is 18.5 Å². The van der Waals surface area contributed by atoms with Crippen molar-refractivity contribution in [3.05, 3.63) is 42.1 Å². The molecule has 2 N–H and O–H groups in total. The number of unbranched alkanes of at least 4 members (excludes halogenated alkanes) is 1. The average Bonchev–Trinajstić information content (AvgIpc) is 3.03. The number of rotatable bonds is 16. The molecule has 3 amide bonds. The van der Waals surface area contributed by atoms with E-state index in [-0.39, 0.29) is 70.0 Å². The molecule has 1 aromatic heterocycles. The Labute approximate surface area is 257 Å². The Bertz CT molecular complexity index is 1270. The Hall–Kier alpha value is -3.58. The second-order valence-corrected chi connectivity index (χ2v) is 11.9. The fourth-order valence-corrected chi connectivity index (χ4v) is 6.15. The lowest BCUT2D eigenvalue weighted by molar-refractivity contribution is -0.134. The van der Waals surface area contributed by atoms with Crippen molar-refractivity contribution >= 4 is 25.5 Å². The quantitative estimate of drug-likeness (QED) is 0.205. The molecule has 2 heterocycles. The number of aromatic nitrogens is 2. The van der Waals surface area contributed by atoms with Gasteiger partial charge in [0, 0.05) is 37.8 Å². The predicted molar refractivity (Wildman–Crippen MR) is 161 cm³/mol. The minimum Gasteiger partial charge on any atom is -0.475 e. The monoisotopic (exact) mass is 635 g/mol. The maximum atomic E-state index is 13.8. The third-order valence-electron chi connectivity index (χ3n) is 6.54. The number of aliphatic hydroxyl groups is 1. The van der Waals surface area contributed by atoms with Crippen molar-refractivity contribution in [1.82, 2.24) is 25.1 Å². The first-order chi connectivity index (χ1) is 21.2. The zero-order valence-electron chi connectivity index (χ0n) is 25.5. The van der Waals surface area contributed by atoms with Crippen molar-refractivity contribution in [1.29, 1.82) is 0 Å². The molecule has 0 aliphatic carbocycles. The standard InChI is InChI=1S/C29H42N5O9P/c1-4-7-18-41-29(38)34-15-13-33(14-16-34)28(37)24(21-44(39,42-5-2)43-6-3)31-27(36)23-20-25(40-19-17-35)32-26(30-23)22-11-9-8-10-12-22/h8-12,20,24,35H,4-7,13-19,21H2,1-3H3,(H,31,36)/t24-/m0/s1. The first-order valence-electron chi connectivity index (χ1n) is 14.8. The molecular formula is C29H42N5O9P. The van der Waals surface area contributed by atoms with Crippen LogP contribution in [0.4, 0.5) is 4.79 Å². The van der Waals surface area contributed by atoms with Gasteiger partial charge in [-0.05, 0) is 20.3 Å². The minimum atomic E-state index is -3.79. The van der Waals surface area contributed by atoms with Crippen LogP contribution in [0.25, 0.3) is 11.4 Å². The van der Waals surface area contributed by atoms with E-state index in [1.807, 2.05) is 13.0 Å². The summed E-state index contributed by atoms with van der Waals surface area (Å²) in [6, 6.07) is 8.93. The number of hydrogen-bond acceptors (Lipinski definition) is 11. The van der Waals surface area contributed by atoms with Crippen LogP contribution < -0.4 is 10.1 Å². The van der Waals surface area contributed by atoms with Crippen molar-refractivity contribution in [2.75, 3.05) is 65.4 Å². The number of hydrogen-bond donors (Lipinski definition) is 2. The summed E-state index contributed by atoms with van der Waals surface area (Å²) in [6.45, 7) is 6.31. The van der Waals surface area contributed by atoms with Gasteiger partial charge in [-0.2, -0.15) is 4.98 Å². The van der Waals surface area contributed by atoms with Gasteiger partial charge in [-0.25, -0.2) is 9.78 Å². The third kappa shape index (κ3) is 10.3. The van der Waals surface area contributed by atoms with Crippen LogP contribution in [0, 0.1) is 0 Å². The van der Waals surface area contributed by atoms with Crippen LogP contribution in [-0.4, -0.2) is 114 Å². The topological polar surface area (TPSA) is 170 Å². The van der Waals surface area contributed by atoms with E-state index in [9.17, 15) is 24.1 Å². The van der Waals surface area contributed by atoms with Crippen molar-refractivity contribution in [3.63, 3.8) is 0 Å². The molecule has 1 aliphatic heterocycles. The first kappa shape index (κ1) is 34.9. The summed E-state index contributed by atoms with van der Waals surface area (Å²) >= 11 is 0. The molecule has 0 saturated carbocycles. The smallest absolute Gasteiger partial charge is 0.409 e. The molecule has 0 bridgehead atoms. The summed E-state index contributed by atoms with van der Waals surface area (Å²) in [5.41, 5.74) is 0.513. The van der Waals surface area contributed by atoms with Crippen LogP contribution >= 0.6 is 7.60 Å². The largest absolute Gasteiger partial charge is 0.475 e. The van der Waals surface area contributed by atoms with Gasteiger partial charge in [-0.3, -0.25) is 14.2 Å². The highest BCUT2D eigenvalue weighted by Gasteiger charge is 2.37. The van der Waals surface area contributed by atoms with E-state index in [0.29, 0.717) is 12.2 Å². The van der Waals surface area contributed by atoms with E-state index in [2.05, 4.69) is 15.3 Å². The normalized spacial score (nSPS) is 14.2. The molecule has 14 nitrogen and oxygen atoms in total. The predicted octanol–water partition coefficient (Wildman–Crippen LogP) is 2.96. The molecule has 44 heavy (non-hydrogen) atoms. The van der Waals surface area contributed by atoms with Crippen LogP contribution in [0.15, 0.2) is 36.4 Å². The lowest BCUT2D eigenvalue weighted by Crippen LogP contribution is -2.57. The minimum absolute atomic E-state index is 0.0529. The summed E-state index contributed by atoms with van der Waals surface area (Å²) < 4.78 is 35.1. The zero-order chi connectivity index (χ0) is 32.0. The molecule has 2 aromatic rings. The zero-order valence-corrected chi connectivity index (χ0v) is 26.4. The fraction of sp³-hybridized carbons (Fsp3) is 0.552. The molecule has 0 unspecified atom stereocenters. The number of nitrogens with zero attached hydrogens (tertiary/aromatic N) is 4. The number of amides is 3. The van der Waals surface area contributed by atoms with Crippen LogP contribution in [0.1, 0.15) is 44.1 Å². The molecule has 0 spiro atoms. The van der Waals surface area contributed by atoms with Crippen molar-refractivity contribution < 1.29 is 42.6 Å². The van der Waals surface area contributed by atoms with Crippen molar-refractivity contribution in [3.8, 4) is 17.3 Å². The molecular weight excluding hydrogens is 593 g/mol. The lowest BCUT2D eigenvalue weighted by Gasteiger charge is -2.36. The van der Waals surface area contributed by atoms with E-state index < -0.39 is 37.7 Å². The number of aliphatic hydroxyl groups excluding tert-OH is 1. The molecule has 15 heteroatoms. The van der Waals surface area contributed by atoms with Gasteiger partial charge in [0.1, 0.15) is 18.3 Å². The Morgan fingerprint density at radius 2 is 1.64 bits per heavy atom. The molecule has 1 fully saturated rings. The molecule has 0 radical (unpaired) electrons. The second kappa shape index (κ2) is 17.6. The Morgan fingerprint density at radius 1 is 0.977 bits per heavy atom. The molecule has 242 valence electrons. The molecule has 3 rings (SSSR count). The van der Waals surface area contributed by atoms with Gasteiger partial charge in [-0.1, -0.05) is 43.7 Å². The summed E-state index contributed by atoms with van der Waals surface area (Å²) in [7, 11) is -3.79. The second-order valence-electron chi connectivity index (χ2n) is 9.79. The molecule has 1 aromatic carbocycles. The Morgan fingerprint density at radius 3 is 2.25 bits per heavy atom. The Balaban J connectivity index is 1.84. The lowest BCUT2D eigenvalue weighted by atomic mass is 10.2. The van der Waals surface area contributed by atoms with E-state index in [1.54, 1.807) is 38.1 Å². The summed E-state index contributed by atoms with van der Waals surface area (Å²) in [6.07, 6.45) is 0.808. The maximum absolute atomic E-state index is 13.8. The highest BCUT2D eigenvalue weighted by Crippen LogP contribution is 2.48. The summed E-state index contributed by atoms with van der Waals surface area (Å²) in [5, 5.41) is 11.9. The number of piperazine rings is 1.